The van der Waals surface area contributed by atoms with Crippen LogP contribution in [0.1, 0.15) is 12.8 Å². The average molecular weight is 212 g/mol. The second kappa shape index (κ2) is 3.30. The van der Waals surface area contributed by atoms with Crippen LogP contribution in [-0.4, -0.2) is 40.4 Å². The van der Waals surface area contributed by atoms with Crippen LogP contribution in [0.4, 0.5) is 0 Å². The number of aliphatic carboxylic acids is 1. The van der Waals surface area contributed by atoms with Gasteiger partial charge < -0.3 is 10.8 Å². The molecule has 6 heteroatoms. The highest BCUT2D eigenvalue weighted by Crippen LogP contribution is 2.46. The Morgan fingerprint density at radius 1 is 1.47 bits per heavy atom. The number of carboxylic acids is 1. The summed E-state index contributed by atoms with van der Waals surface area (Å²) < 4.78 is 0. The molecule has 82 valence electrons. The van der Waals surface area contributed by atoms with Gasteiger partial charge in [0.2, 0.25) is 11.8 Å². The molecule has 1 saturated heterocycles. The van der Waals surface area contributed by atoms with Gasteiger partial charge >= 0.3 is 5.97 Å². The first-order valence-corrected chi connectivity index (χ1v) is 4.86. The van der Waals surface area contributed by atoms with E-state index in [4.69, 9.17) is 10.8 Å². The minimum atomic E-state index is -1.11. The van der Waals surface area contributed by atoms with E-state index < -0.39 is 12.0 Å². The smallest absolute Gasteiger partial charge is 0.320 e. The van der Waals surface area contributed by atoms with Gasteiger partial charge in [0.25, 0.3) is 0 Å². The van der Waals surface area contributed by atoms with E-state index in [1.54, 1.807) is 0 Å². The zero-order valence-electron chi connectivity index (χ0n) is 8.05. The summed E-state index contributed by atoms with van der Waals surface area (Å²) in [5.74, 6) is -1.69. The van der Waals surface area contributed by atoms with Gasteiger partial charge in [0.05, 0.1) is 11.8 Å². The van der Waals surface area contributed by atoms with Gasteiger partial charge in [0.15, 0.2) is 0 Å². The van der Waals surface area contributed by atoms with Gasteiger partial charge in [-0.15, -0.1) is 0 Å². The molecule has 0 aromatic heterocycles. The van der Waals surface area contributed by atoms with E-state index in [0.717, 1.165) is 4.90 Å². The lowest BCUT2D eigenvalue weighted by atomic mass is 10.2. The molecule has 1 aliphatic carbocycles. The summed E-state index contributed by atoms with van der Waals surface area (Å²) in [5.41, 5.74) is 5.28. The Morgan fingerprint density at radius 2 is 2.00 bits per heavy atom. The molecule has 0 aromatic carbocycles. The quantitative estimate of drug-likeness (QED) is 0.569. The fourth-order valence-corrected chi connectivity index (χ4v) is 1.86. The highest BCUT2D eigenvalue weighted by molar-refractivity contribution is 6.08. The molecule has 6 nitrogen and oxygen atoms in total. The first-order valence-electron chi connectivity index (χ1n) is 4.86. The van der Waals surface area contributed by atoms with Crippen molar-refractivity contribution in [1.82, 2.24) is 4.90 Å². The Labute approximate surface area is 86.0 Å². The van der Waals surface area contributed by atoms with E-state index in [2.05, 4.69) is 0 Å². The summed E-state index contributed by atoms with van der Waals surface area (Å²) in [6.45, 7) is 0.123. The van der Waals surface area contributed by atoms with Gasteiger partial charge in [-0.3, -0.25) is 19.3 Å². The van der Waals surface area contributed by atoms with Crippen molar-refractivity contribution in [2.24, 2.45) is 17.6 Å². The van der Waals surface area contributed by atoms with Crippen LogP contribution in [0.25, 0.3) is 0 Å². The van der Waals surface area contributed by atoms with E-state index in [-0.39, 0.29) is 36.6 Å². The van der Waals surface area contributed by atoms with Crippen molar-refractivity contribution in [3.63, 3.8) is 0 Å². The Kier molecular flexibility index (Phi) is 2.22. The summed E-state index contributed by atoms with van der Waals surface area (Å²) in [6.07, 6.45) is 0.783. The molecule has 2 amide bonds. The first kappa shape index (κ1) is 10.1. The SMILES string of the molecule is NC(CCN1C(=O)C2CC2C1=O)C(=O)O. The fraction of sp³-hybridized carbons (Fsp3) is 0.667. The van der Waals surface area contributed by atoms with Crippen molar-refractivity contribution in [3.05, 3.63) is 0 Å². The number of hydrogen-bond acceptors (Lipinski definition) is 4. The van der Waals surface area contributed by atoms with Crippen LogP contribution in [0.15, 0.2) is 0 Å². The molecule has 0 bridgehead atoms. The molecular formula is C9H12N2O4. The minimum absolute atomic E-state index is 0.117. The van der Waals surface area contributed by atoms with Gasteiger partial charge in [-0.2, -0.15) is 0 Å². The molecule has 3 atom stereocenters. The second-order valence-corrected chi connectivity index (χ2v) is 4.01. The number of amides is 2. The van der Waals surface area contributed by atoms with Gasteiger partial charge in [0.1, 0.15) is 6.04 Å². The fourth-order valence-electron chi connectivity index (χ4n) is 1.86. The molecular weight excluding hydrogens is 200 g/mol. The van der Waals surface area contributed by atoms with Gasteiger partial charge in [0, 0.05) is 6.54 Å². The molecule has 2 fully saturated rings. The number of rotatable bonds is 4. The molecule has 3 N–H and O–H groups in total. The number of likely N-dealkylation sites (tertiary alicyclic amines) is 1. The van der Waals surface area contributed by atoms with Crippen LogP contribution in [0.5, 0.6) is 0 Å². The zero-order chi connectivity index (χ0) is 11.2. The maximum atomic E-state index is 11.5. The maximum absolute atomic E-state index is 11.5. The van der Waals surface area contributed by atoms with Crippen molar-refractivity contribution < 1.29 is 19.5 Å². The largest absolute Gasteiger partial charge is 0.480 e. The molecule has 3 unspecified atom stereocenters. The number of hydrogen-bond donors (Lipinski definition) is 2. The van der Waals surface area contributed by atoms with Crippen LogP contribution in [0.3, 0.4) is 0 Å². The average Bonchev–Trinajstić information content (AvgIpc) is 2.91. The molecule has 1 heterocycles. The normalized spacial score (nSPS) is 30.3. The highest BCUT2D eigenvalue weighted by atomic mass is 16.4. The van der Waals surface area contributed by atoms with Gasteiger partial charge in [-0.05, 0) is 12.8 Å². The zero-order valence-corrected chi connectivity index (χ0v) is 8.05. The molecule has 1 saturated carbocycles. The first-order chi connectivity index (χ1) is 7.02. The van der Waals surface area contributed by atoms with Crippen molar-refractivity contribution in [1.29, 1.82) is 0 Å². The van der Waals surface area contributed by atoms with Crippen LogP contribution < -0.4 is 5.73 Å². The van der Waals surface area contributed by atoms with E-state index >= 15 is 0 Å². The standard InChI is InChI=1S/C9H12N2O4/c10-6(9(14)15)1-2-11-7(12)4-3-5(4)8(11)13/h4-6H,1-3,10H2,(H,14,15). The third-order valence-electron chi connectivity index (χ3n) is 2.94. The summed E-state index contributed by atoms with van der Waals surface area (Å²) in [4.78, 5) is 34.5. The molecule has 0 radical (unpaired) electrons. The van der Waals surface area contributed by atoms with Crippen LogP contribution in [0, 0.1) is 11.8 Å². The lowest BCUT2D eigenvalue weighted by Crippen LogP contribution is -2.39. The Balaban J connectivity index is 1.88. The third-order valence-corrected chi connectivity index (χ3v) is 2.94. The number of carboxylic acid groups (broad SMARTS) is 1. The molecule has 0 aromatic rings. The Morgan fingerprint density at radius 3 is 2.47 bits per heavy atom. The van der Waals surface area contributed by atoms with Crippen molar-refractivity contribution >= 4 is 17.8 Å². The predicted octanol–water partition coefficient (Wildman–Crippen LogP) is -1.21. The second-order valence-electron chi connectivity index (χ2n) is 4.01. The van der Waals surface area contributed by atoms with E-state index in [9.17, 15) is 14.4 Å². The van der Waals surface area contributed by atoms with Crippen LogP contribution >= 0.6 is 0 Å². The number of nitrogens with zero attached hydrogens (tertiary/aromatic N) is 1. The van der Waals surface area contributed by atoms with Crippen LogP contribution in [0.2, 0.25) is 0 Å². The minimum Gasteiger partial charge on any atom is -0.480 e. The Bertz CT molecular complexity index is 321. The highest BCUT2D eigenvalue weighted by Gasteiger charge is 2.58. The summed E-state index contributed by atoms with van der Waals surface area (Å²) in [5, 5.41) is 8.54. The lowest BCUT2D eigenvalue weighted by molar-refractivity contribution is -0.143. The third kappa shape index (κ3) is 1.61. The van der Waals surface area contributed by atoms with Crippen molar-refractivity contribution in [2.45, 2.75) is 18.9 Å². The summed E-state index contributed by atoms with van der Waals surface area (Å²) in [7, 11) is 0. The number of imide groups is 1. The van der Waals surface area contributed by atoms with Crippen molar-refractivity contribution in [3.8, 4) is 0 Å². The summed E-state index contributed by atoms with van der Waals surface area (Å²) >= 11 is 0. The van der Waals surface area contributed by atoms with Gasteiger partial charge in [-0.25, -0.2) is 0 Å². The van der Waals surface area contributed by atoms with Gasteiger partial charge in [-0.1, -0.05) is 0 Å². The number of carbonyl (C=O) groups excluding carboxylic acids is 2. The topological polar surface area (TPSA) is 101 Å². The van der Waals surface area contributed by atoms with E-state index in [1.165, 1.54) is 0 Å². The number of carbonyl (C=O) groups is 3. The van der Waals surface area contributed by atoms with E-state index in [0.29, 0.717) is 6.42 Å². The molecule has 0 spiro atoms. The summed E-state index contributed by atoms with van der Waals surface area (Å²) in [6, 6.07) is -1.01. The van der Waals surface area contributed by atoms with E-state index in [1.807, 2.05) is 0 Å². The predicted molar refractivity (Wildman–Crippen MR) is 48.5 cm³/mol. The van der Waals surface area contributed by atoms with Crippen molar-refractivity contribution in [2.75, 3.05) is 6.54 Å². The van der Waals surface area contributed by atoms with Crippen LogP contribution in [-0.2, 0) is 14.4 Å². The lowest BCUT2D eigenvalue weighted by Gasteiger charge is -2.17. The number of nitrogens with two attached hydrogens (primary N) is 1. The molecule has 2 rings (SSSR count). The molecule has 15 heavy (non-hydrogen) atoms. The monoisotopic (exact) mass is 212 g/mol. The Hall–Kier alpha value is -1.43. The number of fused-ring (bicyclic) bond motifs is 1. The molecule has 2 aliphatic rings. The number of piperidine rings is 1. The maximum Gasteiger partial charge on any atom is 0.320 e. The molecule has 1 aliphatic heterocycles.